The van der Waals surface area contributed by atoms with Crippen LogP contribution in [0.15, 0.2) is 79.1 Å². The molecule has 3 heterocycles. The second kappa shape index (κ2) is 8.68. The van der Waals surface area contributed by atoms with E-state index in [1.807, 2.05) is 36.4 Å². The van der Waals surface area contributed by atoms with Crippen molar-refractivity contribution in [2.75, 3.05) is 5.32 Å². The predicted octanol–water partition coefficient (Wildman–Crippen LogP) is 4.67. The van der Waals surface area contributed by atoms with Crippen molar-refractivity contribution >= 4 is 34.5 Å². The maximum absolute atomic E-state index is 12.5. The highest BCUT2D eigenvalue weighted by Crippen LogP contribution is 2.26. The zero-order valence-corrected chi connectivity index (χ0v) is 18.0. The average molecular weight is 472 g/mol. The van der Waals surface area contributed by atoms with E-state index in [4.69, 9.17) is 11.6 Å². The largest absolute Gasteiger partial charge is 0.322 e. The van der Waals surface area contributed by atoms with Crippen LogP contribution in [0, 0.1) is 10.1 Å². The summed E-state index contributed by atoms with van der Waals surface area (Å²) in [5, 5.41) is 26.8. The molecule has 0 radical (unpaired) electrons. The molecule has 0 saturated heterocycles. The van der Waals surface area contributed by atoms with E-state index in [2.05, 4.69) is 25.6 Å². The molecule has 5 aromatic rings. The summed E-state index contributed by atoms with van der Waals surface area (Å²) in [6.45, 7) is 0. The fourth-order valence-corrected chi connectivity index (χ4v) is 3.53. The second-order valence-corrected chi connectivity index (χ2v) is 7.62. The van der Waals surface area contributed by atoms with E-state index in [0.29, 0.717) is 22.9 Å². The molecule has 10 nitrogen and oxygen atoms in total. The Morgan fingerprint density at radius 2 is 1.82 bits per heavy atom. The molecule has 0 aliphatic rings. The van der Waals surface area contributed by atoms with E-state index in [1.165, 1.54) is 12.1 Å². The summed E-state index contributed by atoms with van der Waals surface area (Å²) in [7, 11) is 0. The highest BCUT2D eigenvalue weighted by atomic mass is 35.5. The molecular weight excluding hydrogens is 458 g/mol. The number of anilines is 1. The summed E-state index contributed by atoms with van der Waals surface area (Å²) in [4.78, 5) is 27.1. The highest BCUT2D eigenvalue weighted by Gasteiger charge is 2.17. The molecule has 0 aliphatic heterocycles. The number of nitrogens with zero attached hydrogens (tertiary/aromatic N) is 6. The SMILES string of the molecule is O=C(Nc1ccc(-c2ccc3nnc(-c4cccnc4)n3n2)cc1)c1ccc(Cl)c([N+](=O)[O-])c1. The van der Waals surface area contributed by atoms with Gasteiger partial charge in [0.2, 0.25) is 0 Å². The zero-order valence-electron chi connectivity index (χ0n) is 17.3. The van der Waals surface area contributed by atoms with Gasteiger partial charge >= 0.3 is 0 Å². The number of nitrogens with one attached hydrogen (secondary N) is 1. The van der Waals surface area contributed by atoms with Crippen LogP contribution in [-0.2, 0) is 0 Å². The van der Waals surface area contributed by atoms with Crippen LogP contribution in [0.3, 0.4) is 0 Å². The minimum Gasteiger partial charge on any atom is -0.322 e. The van der Waals surface area contributed by atoms with Crippen LogP contribution in [-0.4, -0.2) is 35.6 Å². The number of fused-ring (bicyclic) bond motifs is 1. The van der Waals surface area contributed by atoms with E-state index in [9.17, 15) is 14.9 Å². The second-order valence-electron chi connectivity index (χ2n) is 7.21. The Morgan fingerprint density at radius 3 is 2.56 bits per heavy atom. The first kappa shape index (κ1) is 21.2. The van der Waals surface area contributed by atoms with Gasteiger partial charge in [-0.1, -0.05) is 23.7 Å². The molecule has 0 spiro atoms. The van der Waals surface area contributed by atoms with E-state index in [1.54, 1.807) is 29.0 Å². The van der Waals surface area contributed by atoms with Gasteiger partial charge in [-0.05, 0) is 48.5 Å². The Bertz CT molecular complexity index is 1540. The van der Waals surface area contributed by atoms with Crippen molar-refractivity contribution in [1.29, 1.82) is 0 Å². The van der Waals surface area contributed by atoms with E-state index < -0.39 is 10.8 Å². The third kappa shape index (κ3) is 4.05. The molecule has 1 N–H and O–H groups in total. The Morgan fingerprint density at radius 1 is 1.00 bits per heavy atom. The van der Waals surface area contributed by atoms with Crippen LogP contribution in [0.4, 0.5) is 11.4 Å². The van der Waals surface area contributed by atoms with Crippen molar-refractivity contribution < 1.29 is 9.72 Å². The normalized spacial score (nSPS) is 10.9. The minimum absolute atomic E-state index is 0.0323. The number of pyridine rings is 1. The molecule has 3 aromatic heterocycles. The lowest BCUT2D eigenvalue weighted by atomic mass is 10.1. The van der Waals surface area contributed by atoms with Gasteiger partial charge in [-0.25, -0.2) is 0 Å². The molecule has 0 unspecified atom stereocenters. The number of hydrogen-bond acceptors (Lipinski definition) is 7. The lowest BCUT2D eigenvalue weighted by Crippen LogP contribution is -2.12. The van der Waals surface area contributed by atoms with Crippen LogP contribution < -0.4 is 5.32 Å². The number of hydrogen-bond donors (Lipinski definition) is 1. The van der Waals surface area contributed by atoms with Crippen molar-refractivity contribution in [3.63, 3.8) is 0 Å². The molecule has 11 heteroatoms. The summed E-state index contributed by atoms with van der Waals surface area (Å²) in [5.41, 5.74) is 3.21. The first-order valence-electron chi connectivity index (χ1n) is 9.98. The third-order valence-electron chi connectivity index (χ3n) is 5.03. The first-order valence-corrected chi connectivity index (χ1v) is 10.4. The monoisotopic (exact) mass is 471 g/mol. The Hall–Kier alpha value is -4.70. The van der Waals surface area contributed by atoms with Crippen LogP contribution in [0.2, 0.25) is 5.02 Å². The van der Waals surface area contributed by atoms with E-state index in [0.717, 1.165) is 17.2 Å². The molecule has 1 amide bonds. The predicted molar refractivity (Wildman–Crippen MR) is 126 cm³/mol. The Kier molecular flexibility index (Phi) is 5.40. The molecular formula is C23H14ClN7O3. The van der Waals surface area contributed by atoms with Crippen LogP contribution in [0.5, 0.6) is 0 Å². The summed E-state index contributed by atoms with van der Waals surface area (Å²) < 4.78 is 1.65. The molecule has 0 saturated carbocycles. The Labute approximate surface area is 197 Å². The van der Waals surface area contributed by atoms with Crippen molar-refractivity contribution in [3.05, 3.63) is 99.8 Å². The van der Waals surface area contributed by atoms with Crippen molar-refractivity contribution in [2.24, 2.45) is 0 Å². The number of amides is 1. The van der Waals surface area contributed by atoms with Crippen LogP contribution in [0.1, 0.15) is 10.4 Å². The summed E-state index contributed by atoms with van der Waals surface area (Å²) in [5.74, 6) is 0.0866. The topological polar surface area (TPSA) is 128 Å². The fourth-order valence-electron chi connectivity index (χ4n) is 3.34. The minimum atomic E-state index is -0.632. The smallest absolute Gasteiger partial charge is 0.288 e. The molecule has 2 aromatic carbocycles. The number of carbonyl (C=O) groups excluding carboxylic acids is 1. The van der Waals surface area contributed by atoms with Crippen LogP contribution in [0.25, 0.3) is 28.3 Å². The maximum Gasteiger partial charge on any atom is 0.288 e. The number of halogens is 1. The molecule has 34 heavy (non-hydrogen) atoms. The highest BCUT2D eigenvalue weighted by molar-refractivity contribution is 6.32. The van der Waals surface area contributed by atoms with Gasteiger partial charge in [0.15, 0.2) is 11.5 Å². The number of benzene rings is 2. The average Bonchev–Trinajstić information content (AvgIpc) is 3.28. The molecule has 0 atom stereocenters. The van der Waals surface area contributed by atoms with Gasteiger partial charge in [-0.2, -0.15) is 9.61 Å². The number of rotatable bonds is 5. The zero-order chi connectivity index (χ0) is 23.7. The lowest BCUT2D eigenvalue weighted by Gasteiger charge is -2.07. The fraction of sp³-hybridized carbons (Fsp3) is 0. The Balaban J connectivity index is 1.39. The summed E-state index contributed by atoms with van der Waals surface area (Å²) >= 11 is 5.81. The van der Waals surface area contributed by atoms with Gasteiger partial charge in [0.25, 0.3) is 11.6 Å². The van der Waals surface area contributed by atoms with Crippen LogP contribution >= 0.6 is 11.6 Å². The summed E-state index contributed by atoms with van der Waals surface area (Å²) in [6.07, 6.45) is 3.37. The molecule has 0 bridgehead atoms. The third-order valence-corrected chi connectivity index (χ3v) is 5.35. The number of nitro benzene ring substituents is 1. The van der Waals surface area contributed by atoms with Crippen molar-refractivity contribution in [3.8, 4) is 22.6 Å². The lowest BCUT2D eigenvalue weighted by molar-refractivity contribution is -0.384. The van der Waals surface area contributed by atoms with Gasteiger partial charge in [0.05, 0.1) is 10.6 Å². The van der Waals surface area contributed by atoms with Gasteiger partial charge in [-0.15, -0.1) is 10.2 Å². The van der Waals surface area contributed by atoms with E-state index in [-0.39, 0.29) is 16.3 Å². The molecule has 0 fully saturated rings. The standard InChI is InChI=1S/C23H14ClN7O3/c24-18-8-5-15(12-20(18)31(33)34)23(32)26-17-6-3-14(4-7-17)19-9-10-21-27-28-22(30(21)29-19)16-2-1-11-25-13-16/h1-13H,(H,26,32). The first-order chi connectivity index (χ1) is 16.5. The van der Waals surface area contributed by atoms with Gasteiger partial charge < -0.3 is 5.32 Å². The number of aromatic nitrogens is 5. The van der Waals surface area contributed by atoms with Crippen molar-refractivity contribution in [2.45, 2.75) is 0 Å². The number of carbonyl (C=O) groups is 1. The van der Waals surface area contributed by atoms with E-state index >= 15 is 0 Å². The quantitative estimate of drug-likeness (QED) is 0.291. The van der Waals surface area contributed by atoms with Gasteiger partial charge in [-0.3, -0.25) is 19.9 Å². The molecule has 0 aliphatic carbocycles. The molecule has 5 rings (SSSR count). The maximum atomic E-state index is 12.5. The molecule has 166 valence electrons. The van der Waals surface area contributed by atoms with Crippen molar-refractivity contribution in [1.82, 2.24) is 24.8 Å². The summed E-state index contributed by atoms with van der Waals surface area (Å²) in [6, 6.07) is 18.3. The van der Waals surface area contributed by atoms with Gasteiger partial charge in [0, 0.05) is 40.8 Å². The number of nitro groups is 1. The van der Waals surface area contributed by atoms with Gasteiger partial charge in [0.1, 0.15) is 5.02 Å².